The van der Waals surface area contributed by atoms with Crippen LogP contribution in [0.5, 0.6) is 5.75 Å². The summed E-state index contributed by atoms with van der Waals surface area (Å²) in [7, 11) is 0. The molecule has 26 heavy (non-hydrogen) atoms. The Morgan fingerprint density at radius 3 is 3.08 bits per heavy atom. The summed E-state index contributed by atoms with van der Waals surface area (Å²) in [4.78, 5) is 14.8. The van der Waals surface area contributed by atoms with Crippen molar-refractivity contribution in [3.8, 4) is 5.75 Å². The molecule has 2 unspecified atom stereocenters. The fourth-order valence-electron chi connectivity index (χ4n) is 4.43. The van der Waals surface area contributed by atoms with Crippen LogP contribution < -0.4 is 10.1 Å². The highest BCUT2D eigenvalue weighted by atomic mass is 16.5. The lowest BCUT2D eigenvalue weighted by Gasteiger charge is -2.41. The van der Waals surface area contributed by atoms with E-state index in [1.807, 2.05) is 19.1 Å². The maximum atomic E-state index is 12.4. The summed E-state index contributed by atoms with van der Waals surface area (Å²) in [6.45, 7) is 4.61. The zero-order valence-corrected chi connectivity index (χ0v) is 14.8. The molecular weight excluding hydrogens is 328 g/mol. The first-order valence-corrected chi connectivity index (χ1v) is 9.31. The number of esters is 1. The van der Waals surface area contributed by atoms with Crippen LogP contribution in [0.2, 0.25) is 0 Å². The molecule has 5 nitrogen and oxygen atoms in total. The van der Waals surface area contributed by atoms with Crippen LogP contribution in [0.15, 0.2) is 36.4 Å². The van der Waals surface area contributed by atoms with Crippen molar-refractivity contribution in [1.82, 2.24) is 4.90 Å². The van der Waals surface area contributed by atoms with Gasteiger partial charge in [0.05, 0.1) is 6.61 Å². The molecule has 0 fully saturated rings. The molecule has 2 aromatic carbocycles. The van der Waals surface area contributed by atoms with Gasteiger partial charge in [-0.15, -0.1) is 0 Å². The SMILES string of the molecule is CCOC(=O)C1CNc2ccc3c(c21)CN1CCc2ccccc2C1O3. The quantitative estimate of drug-likeness (QED) is 0.843. The number of nitrogens with zero attached hydrogens (tertiary/aromatic N) is 1. The maximum absolute atomic E-state index is 12.4. The molecule has 1 N–H and O–H groups in total. The summed E-state index contributed by atoms with van der Waals surface area (Å²) >= 11 is 0. The van der Waals surface area contributed by atoms with E-state index < -0.39 is 0 Å². The number of benzene rings is 2. The Morgan fingerprint density at radius 1 is 1.31 bits per heavy atom. The smallest absolute Gasteiger partial charge is 0.315 e. The van der Waals surface area contributed by atoms with Crippen LogP contribution in [0.25, 0.3) is 0 Å². The van der Waals surface area contributed by atoms with Crippen LogP contribution in [-0.4, -0.2) is 30.6 Å². The Balaban J connectivity index is 1.54. The van der Waals surface area contributed by atoms with Gasteiger partial charge in [0.1, 0.15) is 11.7 Å². The first-order valence-electron chi connectivity index (χ1n) is 9.31. The first-order chi connectivity index (χ1) is 12.8. The molecule has 3 aliphatic rings. The molecule has 3 heterocycles. The van der Waals surface area contributed by atoms with Crippen molar-refractivity contribution in [2.24, 2.45) is 0 Å². The third kappa shape index (κ3) is 2.31. The predicted molar refractivity (Wildman–Crippen MR) is 98.2 cm³/mol. The highest BCUT2D eigenvalue weighted by molar-refractivity contribution is 5.85. The molecule has 0 radical (unpaired) electrons. The van der Waals surface area contributed by atoms with Gasteiger partial charge in [0, 0.05) is 36.4 Å². The molecule has 0 aliphatic carbocycles. The highest BCUT2D eigenvalue weighted by Gasteiger charge is 2.39. The van der Waals surface area contributed by atoms with Gasteiger partial charge in [-0.05, 0) is 36.6 Å². The van der Waals surface area contributed by atoms with Crippen LogP contribution in [0.3, 0.4) is 0 Å². The summed E-state index contributed by atoms with van der Waals surface area (Å²) in [6.07, 6.45) is 0.987. The van der Waals surface area contributed by atoms with E-state index in [0.29, 0.717) is 13.2 Å². The van der Waals surface area contributed by atoms with Gasteiger partial charge in [-0.2, -0.15) is 0 Å². The lowest BCUT2D eigenvalue weighted by Crippen LogP contribution is -2.41. The number of hydrogen-bond acceptors (Lipinski definition) is 5. The first kappa shape index (κ1) is 15.7. The summed E-state index contributed by atoms with van der Waals surface area (Å²) in [5, 5.41) is 3.35. The highest BCUT2D eigenvalue weighted by Crippen LogP contribution is 2.46. The molecule has 2 aromatic rings. The van der Waals surface area contributed by atoms with Gasteiger partial charge in [-0.3, -0.25) is 9.69 Å². The average Bonchev–Trinajstić information content (AvgIpc) is 3.11. The molecular formula is C21H22N2O3. The number of carbonyl (C=O) groups excluding carboxylic acids is 1. The minimum absolute atomic E-state index is 0.0408. The molecule has 0 bridgehead atoms. The van der Waals surface area contributed by atoms with Gasteiger partial charge in [0.15, 0.2) is 6.23 Å². The number of fused-ring (bicyclic) bond motifs is 6. The molecule has 5 rings (SSSR count). The monoisotopic (exact) mass is 350 g/mol. The van der Waals surface area contributed by atoms with Gasteiger partial charge >= 0.3 is 5.97 Å². The van der Waals surface area contributed by atoms with Crippen LogP contribution in [0.1, 0.15) is 41.3 Å². The van der Waals surface area contributed by atoms with E-state index in [2.05, 4.69) is 34.5 Å². The van der Waals surface area contributed by atoms with Crippen LogP contribution in [-0.2, 0) is 22.5 Å². The van der Waals surface area contributed by atoms with Crippen molar-refractivity contribution >= 4 is 11.7 Å². The van der Waals surface area contributed by atoms with E-state index in [1.165, 1.54) is 11.1 Å². The minimum Gasteiger partial charge on any atom is -0.471 e. The van der Waals surface area contributed by atoms with E-state index in [4.69, 9.17) is 9.47 Å². The van der Waals surface area contributed by atoms with E-state index in [-0.39, 0.29) is 18.1 Å². The zero-order valence-electron chi connectivity index (χ0n) is 14.8. The van der Waals surface area contributed by atoms with E-state index >= 15 is 0 Å². The van der Waals surface area contributed by atoms with Crippen molar-refractivity contribution in [3.05, 3.63) is 58.7 Å². The molecule has 0 saturated carbocycles. The molecule has 2 atom stereocenters. The van der Waals surface area contributed by atoms with Crippen molar-refractivity contribution in [1.29, 1.82) is 0 Å². The number of hydrogen-bond donors (Lipinski definition) is 1. The fraction of sp³-hybridized carbons (Fsp3) is 0.381. The van der Waals surface area contributed by atoms with Crippen LogP contribution >= 0.6 is 0 Å². The Kier molecular flexibility index (Phi) is 3.64. The second-order valence-corrected chi connectivity index (χ2v) is 7.08. The van der Waals surface area contributed by atoms with Crippen LogP contribution in [0.4, 0.5) is 5.69 Å². The molecule has 0 amide bonds. The summed E-state index contributed by atoms with van der Waals surface area (Å²) in [6, 6.07) is 12.6. The van der Waals surface area contributed by atoms with Crippen molar-refractivity contribution < 1.29 is 14.3 Å². The predicted octanol–water partition coefficient (Wildman–Crippen LogP) is 3.21. The largest absolute Gasteiger partial charge is 0.471 e. The van der Waals surface area contributed by atoms with Gasteiger partial charge in [-0.25, -0.2) is 0 Å². The maximum Gasteiger partial charge on any atom is 0.315 e. The van der Waals surface area contributed by atoms with Gasteiger partial charge in [-0.1, -0.05) is 24.3 Å². The summed E-state index contributed by atoms with van der Waals surface area (Å²) < 4.78 is 11.7. The Hall–Kier alpha value is -2.53. The zero-order chi connectivity index (χ0) is 17.7. The third-order valence-corrected chi connectivity index (χ3v) is 5.65. The summed E-state index contributed by atoms with van der Waals surface area (Å²) in [5.41, 5.74) is 5.83. The van der Waals surface area contributed by atoms with E-state index in [9.17, 15) is 4.79 Å². The van der Waals surface area contributed by atoms with Crippen molar-refractivity contribution in [3.63, 3.8) is 0 Å². The second kappa shape index (κ2) is 6.02. The number of anilines is 1. The molecule has 0 aromatic heterocycles. The number of rotatable bonds is 2. The van der Waals surface area contributed by atoms with Gasteiger partial charge < -0.3 is 14.8 Å². The number of nitrogens with one attached hydrogen (secondary N) is 1. The van der Waals surface area contributed by atoms with Gasteiger partial charge in [0.2, 0.25) is 0 Å². The van der Waals surface area contributed by atoms with E-state index in [1.54, 1.807) is 0 Å². The Morgan fingerprint density at radius 2 is 2.19 bits per heavy atom. The number of ether oxygens (including phenoxy) is 2. The lowest BCUT2D eigenvalue weighted by molar-refractivity contribution is -0.144. The topological polar surface area (TPSA) is 50.8 Å². The van der Waals surface area contributed by atoms with Crippen LogP contribution in [0, 0.1) is 0 Å². The average molecular weight is 350 g/mol. The lowest BCUT2D eigenvalue weighted by atomic mass is 9.91. The Bertz CT molecular complexity index is 880. The molecule has 0 saturated heterocycles. The normalized spacial score (nSPS) is 23.0. The van der Waals surface area contributed by atoms with Gasteiger partial charge in [0.25, 0.3) is 0 Å². The number of carbonyl (C=O) groups is 1. The fourth-order valence-corrected chi connectivity index (χ4v) is 4.43. The second-order valence-electron chi connectivity index (χ2n) is 7.08. The Labute approximate surface area is 152 Å². The van der Waals surface area contributed by atoms with Crippen molar-refractivity contribution in [2.45, 2.75) is 32.0 Å². The molecule has 134 valence electrons. The third-order valence-electron chi connectivity index (χ3n) is 5.65. The summed E-state index contributed by atoms with van der Waals surface area (Å²) in [5.74, 6) is 0.482. The minimum atomic E-state index is -0.253. The van der Waals surface area contributed by atoms with E-state index in [0.717, 1.165) is 42.1 Å². The molecule has 5 heteroatoms. The molecule has 0 spiro atoms. The molecule has 3 aliphatic heterocycles. The standard InChI is InChI=1S/C21H22N2O3/c1-2-25-21(24)15-11-22-17-7-8-18-16(19(15)17)12-23-10-9-13-5-3-4-6-14(13)20(23)26-18/h3-8,15,20,22H,2,9-12H2,1H3. The van der Waals surface area contributed by atoms with Crippen molar-refractivity contribution in [2.75, 3.05) is 25.0 Å².